The Labute approximate surface area is 117 Å². The molecule has 1 amide bonds. The van der Waals surface area contributed by atoms with Gasteiger partial charge in [-0.25, -0.2) is 9.02 Å². The van der Waals surface area contributed by atoms with E-state index < -0.39 is 11.7 Å². The van der Waals surface area contributed by atoms with Crippen LogP contribution in [0.4, 0.5) is 10.1 Å². The molecule has 106 valence electrons. The molecule has 7 nitrogen and oxygen atoms in total. The highest BCUT2D eigenvalue weighted by atomic mass is 19.1. The molecule has 8 heteroatoms. The molecule has 1 heterocycles. The monoisotopic (exact) mass is 288 g/mol. The van der Waals surface area contributed by atoms with Crippen molar-refractivity contribution in [2.75, 3.05) is 5.73 Å². The van der Waals surface area contributed by atoms with E-state index in [0.29, 0.717) is 11.2 Å². The van der Waals surface area contributed by atoms with Crippen LogP contribution in [0, 0.1) is 5.82 Å². The molecule has 4 N–H and O–H groups in total. The normalized spacial score (nSPS) is 10.7. The third-order valence-electron chi connectivity index (χ3n) is 2.85. The first-order chi connectivity index (χ1) is 10.1. The predicted molar refractivity (Wildman–Crippen MR) is 71.2 cm³/mol. The Kier molecular flexibility index (Phi) is 2.90. The number of nitrogens with zero attached hydrogens (tertiary/aromatic N) is 2. The Bertz CT molecular complexity index is 847. The van der Waals surface area contributed by atoms with Crippen LogP contribution in [0.3, 0.4) is 0 Å². The van der Waals surface area contributed by atoms with E-state index >= 15 is 0 Å². The predicted octanol–water partition coefficient (Wildman–Crippen LogP) is 1.84. The van der Waals surface area contributed by atoms with Crippen molar-refractivity contribution >= 4 is 22.6 Å². The van der Waals surface area contributed by atoms with Crippen LogP contribution in [0.25, 0.3) is 11.0 Å². The van der Waals surface area contributed by atoms with Gasteiger partial charge in [0.05, 0.1) is 5.69 Å². The SMILES string of the molecule is NC(=O)c1c(F)cccc1Oc1ccc(N)c2nonc12. The largest absolute Gasteiger partial charge is 0.454 e. The van der Waals surface area contributed by atoms with Crippen molar-refractivity contribution in [2.24, 2.45) is 5.73 Å². The van der Waals surface area contributed by atoms with Gasteiger partial charge in [-0.2, -0.15) is 0 Å². The van der Waals surface area contributed by atoms with Crippen LogP contribution in [0.1, 0.15) is 10.4 Å². The van der Waals surface area contributed by atoms with Gasteiger partial charge in [0.25, 0.3) is 5.91 Å². The summed E-state index contributed by atoms with van der Waals surface area (Å²) in [6, 6.07) is 6.97. The summed E-state index contributed by atoms with van der Waals surface area (Å²) in [5.41, 5.74) is 11.4. The van der Waals surface area contributed by atoms with Gasteiger partial charge in [-0.15, -0.1) is 0 Å². The highest BCUT2D eigenvalue weighted by molar-refractivity contribution is 5.96. The summed E-state index contributed by atoms with van der Waals surface area (Å²) in [5, 5.41) is 7.31. The third-order valence-corrected chi connectivity index (χ3v) is 2.85. The van der Waals surface area contributed by atoms with E-state index in [2.05, 4.69) is 14.9 Å². The molecule has 0 atom stereocenters. The first-order valence-corrected chi connectivity index (χ1v) is 5.85. The molecule has 1 aromatic heterocycles. The minimum Gasteiger partial charge on any atom is -0.454 e. The fourth-order valence-corrected chi connectivity index (χ4v) is 1.89. The Hall–Kier alpha value is -3.16. The summed E-state index contributed by atoms with van der Waals surface area (Å²) in [6.45, 7) is 0. The van der Waals surface area contributed by atoms with Crippen molar-refractivity contribution in [3.05, 3.63) is 41.7 Å². The molecule has 0 radical (unpaired) electrons. The molecule has 0 fully saturated rings. The number of nitrogen functional groups attached to an aromatic ring is 1. The van der Waals surface area contributed by atoms with E-state index in [1.54, 1.807) is 0 Å². The highest BCUT2D eigenvalue weighted by Gasteiger charge is 2.18. The zero-order valence-corrected chi connectivity index (χ0v) is 10.5. The van der Waals surface area contributed by atoms with E-state index in [0.717, 1.165) is 6.07 Å². The summed E-state index contributed by atoms with van der Waals surface area (Å²) >= 11 is 0. The maximum absolute atomic E-state index is 13.7. The molecule has 0 saturated heterocycles. The fourth-order valence-electron chi connectivity index (χ4n) is 1.89. The molecule has 21 heavy (non-hydrogen) atoms. The maximum atomic E-state index is 13.7. The Morgan fingerprint density at radius 2 is 1.90 bits per heavy atom. The van der Waals surface area contributed by atoms with Crippen LogP contribution < -0.4 is 16.2 Å². The highest BCUT2D eigenvalue weighted by Crippen LogP contribution is 2.33. The van der Waals surface area contributed by atoms with E-state index in [4.69, 9.17) is 16.2 Å². The lowest BCUT2D eigenvalue weighted by molar-refractivity contribution is 0.0994. The Morgan fingerprint density at radius 1 is 1.14 bits per heavy atom. The van der Waals surface area contributed by atoms with Gasteiger partial charge in [-0.1, -0.05) is 6.07 Å². The molecule has 0 spiro atoms. The summed E-state index contributed by atoms with van der Waals surface area (Å²) in [4.78, 5) is 11.3. The second kappa shape index (κ2) is 4.75. The number of ether oxygens (including phenoxy) is 1. The average Bonchev–Trinajstić information content (AvgIpc) is 2.92. The lowest BCUT2D eigenvalue weighted by Crippen LogP contribution is -2.14. The van der Waals surface area contributed by atoms with Crippen molar-refractivity contribution in [1.82, 2.24) is 10.3 Å². The number of hydrogen-bond donors (Lipinski definition) is 2. The molecule has 3 rings (SSSR count). The number of carbonyl (C=O) groups is 1. The number of benzene rings is 2. The first-order valence-electron chi connectivity index (χ1n) is 5.85. The van der Waals surface area contributed by atoms with Gasteiger partial charge >= 0.3 is 0 Å². The first kappa shape index (κ1) is 12.9. The van der Waals surface area contributed by atoms with Gasteiger partial charge in [-0.05, 0) is 34.6 Å². The minimum absolute atomic E-state index is 0.0310. The maximum Gasteiger partial charge on any atom is 0.255 e. The quantitative estimate of drug-likeness (QED) is 0.710. The van der Waals surface area contributed by atoms with Crippen LogP contribution in [0.2, 0.25) is 0 Å². The summed E-state index contributed by atoms with van der Waals surface area (Å²) in [7, 11) is 0. The van der Waals surface area contributed by atoms with Crippen LogP contribution in [0.5, 0.6) is 11.5 Å². The van der Waals surface area contributed by atoms with Gasteiger partial charge < -0.3 is 16.2 Å². The summed E-state index contributed by atoms with van der Waals surface area (Å²) in [5.74, 6) is -1.52. The number of anilines is 1. The molecule has 0 aliphatic rings. The topological polar surface area (TPSA) is 117 Å². The van der Waals surface area contributed by atoms with Crippen LogP contribution in [-0.2, 0) is 0 Å². The number of fused-ring (bicyclic) bond motifs is 1. The molecule has 0 aliphatic carbocycles. The van der Waals surface area contributed by atoms with E-state index in [9.17, 15) is 9.18 Å². The molecular weight excluding hydrogens is 279 g/mol. The van der Waals surface area contributed by atoms with Gasteiger partial charge in [0.15, 0.2) is 16.8 Å². The second-order valence-corrected chi connectivity index (χ2v) is 4.19. The number of nitrogens with two attached hydrogens (primary N) is 2. The lowest BCUT2D eigenvalue weighted by Gasteiger charge is -2.10. The standard InChI is InChI=1S/C13H9FN4O3/c14-6-2-1-3-8(10(6)13(16)19)20-9-5-4-7(15)11-12(9)18-21-17-11/h1-5H,15H2,(H2,16,19). The smallest absolute Gasteiger partial charge is 0.255 e. The average molecular weight is 288 g/mol. The lowest BCUT2D eigenvalue weighted by atomic mass is 10.1. The van der Waals surface area contributed by atoms with Crippen molar-refractivity contribution in [3.8, 4) is 11.5 Å². The number of rotatable bonds is 3. The third kappa shape index (κ3) is 2.12. The number of halogens is 1. The second-order valence-electron chi connectivity index (χ2n) is 4.19. The Morgan fingerprint density at radius 3 is 2.67 bits per heavy atom. The number of primary amides is 1. The number of amides is 1. The zero-order chi connectivity index (χ0) is 15.0. The van der Waals surface area contributed by atoms with Gasteiger partial charge in [0.1, 0.15) is 17.1 Å². The molecule has 0 aliphatic heterocycles. The van der Waals surface area contributed by atoms with Crippen LogP contribution in [0.15, 0.2) is 35.0 Å². The van der Waals surface area contributed by atoms with Crippen molar-refractivity contribution in [3.63, 3.8) is 0 Å². The minimum atomic E-state index is -0.937. The molecule has 0 bridgehead atoms. The van der Waals surface area contributed by atoms with Gasteiger partial charge in [-0.3, -0.25) is 4.79 Å². The van der Waals surface area contributed by atoms with Crippen molar-refractivity contribution in [2.45, 2.75) is 0 Å². The summed E-state index contributed by atoms with van der Waals surface area (Å²) < 4.78 is 23.8. The van der Waals surface area contributed by atoms with Gasteiger partial charge in [0, 0.05) is 0 Å². The fraction of sp³-hybridized carbons (Fsp3) is 0. The van der Waals surface area contributed by atoms with Crippen LogP contribution in [-0.4, -0.2) is 16.2 Å². The molecule has 2 aromatic carbocycles. The molecule has 0 unspecified atom stereocenters. The molecule has 0 saturated carbocycles. The van der Waals surface area contributed by atoms with Crippen LogP contribution >= 0.6 is 0 Å². The zero-order valence-electron chi connectivity index (χ0n) is 10.5. The number of carbonyl (C=O) groups excluding carboxylic acids is 1. The number of aromatic nitrogens is 2. The number of hydrogen-bond acceptors (Lipinski definition) is 6. The summed E-state index contributed by atoms with van der Waals surface area (Å²) in [6.07, 6.45) is 0. The van der Waals surface area contributed by atoms with Crippen molar-refractivity contribution < 1.29 is 18.6 Å². The van der Waals surface area contributed by atoms with Crippen molar-refractivity contribution in [1.29, 1.82) is 0 Å². The molecule has 3 aromatic rings. The van der Waals surface area contributed by atoms with E-state index in [1.807, 2.05) is 0 Å². The van der Waals surface area contributed by atoms with Gasteiger partial charge in [0.2, 0.25) is 0 Å². The Balaban J connectivity index is 2.12. The molecular formula is C13H9FN4O3. The van der Waals surface area contributed by atoms with E-state index in [1.165, 1.54) is 24.3 Å². The van der Waals surface area contributed by atoms with E-state index in [-0.39, 0.29) is 22.6 Å².